The van der Waals surface area contributed by atoms with Crippen LogP contribution in [0.1, 0.15) is 16.7 Å². The Balaban J connectivity index is 2.05. The van der Waals surface area contributed by atoms with Gasteiger partial charge in [0.15, 0.2) is 0 Å². The van der Waals surface area contributed by atoms with Crippen LogP contribution in [0, 0.1) is 0 Å². The number of aliphatic hydroxyl groups is 1. The van der Waals surface area contributed by atoms with E-state index in [2.05, 4.69) is 8.75 Å². The van der Waals surface area contributed by atoms with Crippen LogP contribution in [0.4, 0.5) is 0 Å². The Kier molecular flexibility index (Phi) is 3.12. The molecule has 0 amide bonds. The summed E-state index contributed by atoms with van der Waals surface area (Å²) in [5.41, 5.74) is 0.625. The molecule has 2 heterocycles. The van der Waals surface area contributed by atoms with Crippen molar-refractivity contribution in [2.24, 2.45) is 0 Å². The van der Waals surface area contributed by atoms with Crippen LogP contribution in [0.2, 0.25) is 4.34 Å². The molecule has 0 fully saturated rings. The second-order valence-corrected chi connectivity index (χ2v) is 5.11. The summed E-state index contributed by atoms with van der Waals surface area (Å²) in [6, 6.07) is 3.74. The maximum Gasteiger partial charge on any atom is 0.103 e. The third-order valence-corrected chi connectivity index (χ3v) is 3.49. The van der Waals surface area contributed by atoms with Crippen molar-refractivity contribution in [3.8, 4) is 0 Å². The second kappa shape index (κ2) is 4.35. The van der Waals surface area contributed by atoms with Gasteiger partial charge in [0, 0.05) is 11.3 Å². The number of hydrogen-bond donors (Lipinski definition) is 1. The van der Waals surface area contributed by atoms with Crippen molar-refractivity contribution in [2.75, 3.05) is 0 Å². The largest absolute Gasteiger partial charge is 0.386 e. The Hall–Kier alpha value is -0.490. The molecule has 0 aliphatic rings. The molecule has 1 atom stereocenters. The van der Waals surface area contributed by atoms with E-state index in [4.69, 9.17) is 11.6 Å². The van der Waals surface area contributed by atoms with Crippen molar-refractivity contribution in [1.82, 2.24) is 8.75 Å². The number of thiophene rings is 1. The van der Waals surface area contributed by atoms with Gasteiger partial charge in [-0.15, -0.1) is 11.3 Å². The summed E-state index contributed by atoms with van der Waals surface area (Å²) in [5.74, 6) is 0. The smallest absolute Gasteiger partial charge is 0.103 e. The van der Waals surface area contributed by atoms with E-state index in [1.807, 2.05) is 12.1 Å². The van der Waals surface area contributed by atoms with E-state index in [9.17, 15) is 5.11 Å². The Labute approximate surface area is 94.3 Å². The van der Waals surface area contributed by atoms with Crippen LogP contribution in [0.15, 0.2) is 18.3 Å². The standard InChI is InChI=1S/C8H7ClN2OS2/c9-8-2-1-5(13-8)3-7(12)6-4-10-14-11-6/h1-2,4,7,12H,3H2. The minimum atomic E-state index is -0.580. The number of aromatic nitrogens is 2. The number of halogens is 1. The molecular formula is C8H7ClN2OS2. The molecule has 1 unspecified atom stereocenters. The van der Waals surface area contributed by atoms with Gasteiger partial charge < -0.3 is 5.11 Å². The van der Waals surface area contributed by atoms with Gasteiger partial charge in [0.1, 0.15) is 11.8 Å². The third-order valence-electron chi connectivity index (χ3n) is 1.74. The fraction of sp³-hybridized carbons (Fsp3) is 0.250. The lowest BCUT2D eigenvalue weighted by atomic mass is 10.2. The first-order chi connectivity index (χ1) is 6.75. The van der Waals surface area contributed by atoms with Crippen molar-refractivity contribution in [2.45, 2.75) is 12.5 Å². The summed E-state index contributed by atoms with van der Waals surface area (Å²) in [6.07, 6.45) is 1.55. The third kappa shape index (κ3) is 2.30. The molecule has 0 aliphatic carbocycles. The molecule has 0 saturated carbocycles. The fourth-order valence-electron chi connectivity index (χ4n) is 1.08. The van der Waals surface area contributed by atoms with Gasteiger partial charge >= 0.3 is 0 Å². The molecule has 0 saturated heterocycles. The first kappa shape index (κ1) is 10.0. The zero-order valence-electron chi connectivity index (χ0n) is 7.05. The molecule has 6 heteroatoms. The van der Waals surface area contributed by atoms with Gasteiger partial charge in [0.25, 0.3) is 0 Å². The van der Waals surface area contributed by atoms with Gasteiger partial charge in [-0.1, -0.05) is 11.6 Å². The lowest BCUT2D eigenvalue weighted by Gasteiger charge is -2.03. The maximum atomic E-state index is 9.74. The fourth-order valence-corrected chi connectivity index (χ4v) is 2.66. The maximum absolute atomic E-state index is 9.74. The Morgan fingerprint density at radius 2 is 2.36 bits per heavy atom. The first-order valence-corrected chi connectivity index (χ1v) is 5.88. The summed E-state index contributed by atoms with van der Waals surface area (Å²) in [4.78, 5) is 1.05. The summed E-state index contributed by atoms with van der Waals surface area (Å²) >= 11 is 8.35. The van der Waals surface area contributed by atoms with Crippen molar-refractivity contribution in [3.63, 3.8) is 0 Å². The average Bonchev–Trinajstić information content (AvgIpc) is 2.75. The van der Waals surface area contributed by atoms with Crippen LogP contribution >= 0.6 is 34.7 Å². The van der Waals surface area contributed by atoms with Crippen molar-refractivity contribution in [3.05, 3.63) is 33.2 Å². The summed E-state index contributed by atoms with van der Waals surface area (Å²) in [5, 5.41) is 9.74. The Morgan fingerprint density at radius 1 is 1.50 bits per heavy atom. The van der Waals surface area contributed by atoms with E-state index < -0.39 is 6.10 Å². The van der Waals surface area contributed by atoms with E-state index in [1.54, 1.807) is 6.20 Å². The molecular weight excluding hydrogens is 240 g/mol. The molecule has 0 radical (unpaired) electrons. The zero-order valence-corrected chi connectivity index (χ0v) is 9.44. The van der Waals surface area contributed by atoms with Crippen LogP contribution in [0.25, 0.3) is 0 Å². The van der Waals surface area contributed by atoms with E-state index >= 15 is 0 Å². The monoisotopic (exact) mass is 246 g/mol. The van der Waals surface area contributed by atoms with Gasteiger partial charge in [0.2, 0.25) is 0 Å². The predicted octanol–water partition coefficient (Wildman–Crippen LogP) is 2.53. The SMILES string of the molecule is OC(Cc1ccc(Cl)s1)c1cnsn1. The molecule has 0 aliphatic heterocycles. The van der Waals surface area contributed by atoms with Crippen LogP contribution in [0.5, 0.6) is 0 Å². The predicted molar refractivity (Wildman–Crippen MR) is 57.9 cm³/mol. The Bertz CT molecular complexity index is 401. The van der Waals surface area contributed by atoms with Gasteiger partial charge in [-0.2, -0.15) is 8.75 Å². The van der Waals surface area contributed by atoms with Gasteiger partial charge in [-0.25, -0.2) is 0 Å². The number of hydrogen-bond acceptors (Lipinski definition) is 5. The van der Waals surface area contributed by atoms with E-state index in [-0.39, 0.29) is 0 Å². The zero-order chi connectivity index (χ0) is 9.97. The van der Waals surface area contributed by atoms with Gasteiger partial charge in [0.05, 0.1) is 22.3 Å². The topological polar surface area (TPSA) is 46.0 Å². The highest BCUT2D eigenvalue weighted by Gasteiger charge is 2.12. The quantitative estimate of drug-likeness (QED) is 0.905. The highest BCUT2D eigenvalue weighted by Crippen LogP contribution is 2.25. The van der Waals surface area contributed by atoms with E-state index in [0.717, 1.165) is 20.9 Å². The molecule has 0 aromatic carbocycles. The van der Waals surface area contributed by atoms with Crippen molar-refractivity contribution in [1.29, 1.82) is 0 Å². The van der Waals surface area contributed by atoms with Crippen LogP contribution in [-0.2, 0) is 6.42 Å². The summed E-state index contributed by atoms with van der Waals surface area (Å²) < 4.78 is 8.55. The molecule has 1 N–H and O–H groups in total. The second-order valence-electron chi connectivity index (χ2n) is 2.76. The molecule has 0 spiro atoms. The molecule has 2 rings (SSSR count). The van der Waals surface area contributed by atoms with Crippen LogP contribution in [0.3, 0.4) is 0 Å². The van der Waals surface area contributed by atoms with Gasteiger partial charge in [-0.05, 0) is 12.1 Å². The highest BCUT2D eigenvalue weighted by molar-refractivity contribution is 7.16. The number of rotatable bonds is 3. The molecule has 74 valence electrons. The van der Waals surface area contributed by atoms with E-state index in [0.29, 0.717) is 12.1 Å². The number of aliphatic hydroxyl groups excluding tert-OH is 1. The van der Waals surface area contributed by atoms with E-state index in [1.165, 1.54) is 11.3 Å². The van der Waals surface area contributed by atoms with Crippen LogP contribution in [-0.4, -0.2) is 13.9 Å². The lowest BCUT2D eigenvalue weighted by Crippen LogP contribution is -2.00. The first-order valence-electron chi connectivity index (χ1n) is 3.95. The lowest BCUT2D eigenvalue weighted by molar-refractivity contribution is 0.175. The summed E-state index contributed by atoms with van der Waals surface area (Å²) in [6.45, 7) is 0. The highest BCUT2D eigenvalue weighted by atomic mass is 35.5. The molecule has 2 aromatic heterocycles. The minimum Gasteiger partial charge on any atom is -0.386 e. The molecule has 0 bridgehead atoms. The van der Waals surface area contributed by atoms with Crippen LogP contribution < -0.4 is 0 Å². The molecule has 2 aromatic rings. The summed E-state index contributed by atoms with van der Waals surface area (Å²) in [7, 11) is 0. The van der Waals surface area contributed by atoms with Gasteiger partial charge in [-0.3, -0.25) is 0 Å². The van der Waals surface area contributed by atoms with Crippen molar-refractivity contribution < 1.29 is 5.11 Å². The van der Waals surface area contributed by atoms with Crippen molar-refractivity contribution >= 4 is 34.7 Å². The number of nitrogens with zero attached hydrogens (tertiary/aromatic N) is 2. The Morgan fingerprint density at radius 3 is 2.93 bits per heavy atom. The normalized spacial score (nSPS) is 13.0. The average molecular weight is 247 g/mol. The minimum absolute atomic E-state index is 0.544. The molecule has 14 heavy (non-hydrogen) atoms. The molecule has 3 nitrogen and oxygen atoms in total.